The number of hydrogen-bond acceptors (Lipinski definition) is 3. The van der Waals surface area contributed by atoms with Crippen molar-refractivity contribution in [3.63, 3.8) is 0 Å². The number of aromatic nitrogens is 3. The van der Waals surface area contributed by atoms with Gasteiger partial charge in [0.15, 0.2) is 0 Å². The molecule has 1 aromatic heterocycles. The highest BCUT2D eigenvalue weighted by atomic mass is 15.4. The molecule has 0 saturated heterocycles. The van der Waals surface area contributed by atoms with Crippen molar-refractivity contribution in [1.29, 1.82) is 0 Å². The van der Waals surface area contributed by atoms with Gasteiger partial charge >= 0.3 is 0 Å². The molecule has 1 unspecified atom stereocenters. The van der Waals surface area contributed by atoms with Gasteiger partial charge in [0.1, 0.15) is 5.82 Å². The first-order chi connectivity index (χ1) is 8.20. The molecule has 0 aliphatic heterocycles. The Morgan fingerprint density at radius 3 is 2.71 bits per heavy atom. The first kappa shape index (κ1) is 12.4. The van der Waals surface area contributed by atoms with Crippen molar-refractivity contribution in [2.45, 2.75) is 64.3 Å². The van der Waals surface area contributed by atoms with Crippen LogP contribution in [0.3, 0.4) is 0 Å². The molecule has 96 valence electrons. The zero-order chi connectivity index (χ0) is 12.3. The van der Waals surface area contributed by atoms with Gasteiger partial charge in [-0.05, 0) is 26.2 Å². The van der Waals surface area contributed by atoms with Crippen LogP contribution >= 0.6 is 0 Å². The Balaban J connectivity index is 2.07. The molecule has 0 aromatic carbocycles. The fourth-order valence-corrected chi connectivity index (χ4v) is 2.50. The molecule has 1 aromatic rings. The predicted molar refractivity (Wildman–Crippen MR) is 70.2 cm³/mol. The maximum Gasteiger partial charge on any atom is 0.242 e. The largest absolute Gasteiger partial charge is 0.350 e. The van der Waals surface area contributed by atoms with Gasteiger partial charge < -0.3 is 5.32 Å². The summed E-state index contributed by atoms with van der Waals surface area (Å²) in [6.45, 7) is 4.33. The van der Waals surface area contributed by atoms with Crippen molar-refractivity contribution >= 4 is 5.95 Å². The van der Waals surface area contributed by atoms with E-state index in [1.807, 2.05) is 11.7 Å². The lowest BCUT2D eigenvalue weighted by Gasteiger charge is -2.20. The first-order valence-electron chi connectivity index (χ1n) is 6.88. The fourth-order valence-electron chi connectivity index (χ4n) is 2.50. The summed E-state index contributed by atoms with van der Waals surface area (Å²) in [5, 5.41) is 7.82. The Bertz CT molecular complexity index is 352. The molecule has 1 atom stereocenters. The Hall–Kier alpha value is -1.06. The van der Waals surface area contributed by atoms with E-state index in [1.54, 1.807) is 0 Å². The van der Waals surface area contributed by atoms with Gasteiger partial charge in [-0.2, -0.15) is 4.98 Å². The van der Waals surface area contributed by atoms with E-state index in [0.29, 0.717) is 12.0 Å². The Kier molecular flexibility index (Phi) is 4.02. The molecule has 1 heterocycles. The zero-order valence-corrected chi connectivity index (χ0v) is 11.2. The monoisotopic (exact) mass is 236 g/mol. The maximum absolute atomic E-state index is 4.66. The number of anilines is 1. The average Bonchev–Trinajstić information content (AvgIpc) is 2.71. The lowest BCUT2D eigenvalue weighted by atomic mass is 9.89. The molecular weight excluding hydrogens is 212 g/mol. The normalized spacial score (nSPS) is 19.2. The van der Waals surface area contributed by atoms with Gasteiger partial charge in [-0.1, -0.05) is 26.2 Å². The second kappa shape index (κ2) is 5.52. The van der Waals surface area contributed by atoms with Crippen LogP contribution in [0.5, 0.6) is 0 Å². The van der Waals surface area contributed by atoms with Gasteiger partial charge in [0.25, 0.3) is 0 Å². The highest BCUT2D eigenvalue weighted by Crippen LogP contribution is 2.31. The van der Waals surface area contributed by atoms with E-state index in [9.17, 15) is 0 Å². The molecule has 1 aliphatic carbocycles. The van der Waals surface area contributed by atoms with Gasteiger partial charge in [0.2, 0.25) is 5.95 Å². The first-order valence-corrected chi connectivity index (χ1v) is 6.88. The molecule has 1 aliphatic rings. The third kappa shape index (κ3) is 2.99. The fraction of sp³-hybridized carbons (Fsp3) is 0.846. The van der Waals surface area contributed by atoms with Crippen LogP contribution in [0.2, 0.25) is 0 Å². The second-order valence-electron chi connectivity index (χ2n) is 5.21. The van der Waals surface area contributed by atoms with Crippen molar-refractivity contribution < 1.29 is 0 Å². The van der Waals surface area contributed by atoms with Gasteiger partial charge in [0.05, 0.1) is 0 Å². The molecule has 4 nitrogen and oxygen atoms in total. The summed E-state index contributed by atoms with van der Waals surface area (Å²) in [5.74, 6) is 2.58. The maximum atomic E-state index is 4.66. The van der Waals surface area contributed by atoms with Crippen molar-refractivity contribution in [2.24, 2.45) is 7.05 Å². The standard InChI is InChI=1S/C13H24N4/c1-4-10(2)14-13-15-12(17(3)16-13)11-8-6-5-7-9-11/h10-11H,4-9H2,1-3H3,(H,14,16). The molecule has 0 bridgehead atoms. The summed E-state index contributed by atoms with van der Waals surface area (Å²) in [6.07, 6.45) is 7.70. The summed E-state index contributed by atoms with van der Waals surface area (Å²) < 4.78 is 1.96. The van der Waals surface area contributed by atoms with Crippen LogP contribution in [-0.4, -0.2) is 20.8 Å². The van der Waals surface area contributed by atoms with E-state index >= 15 is 0 Å². The molecule has 1 N–H and O–H groups in total. The minimum atomic E-state index is 0.441. The quantitative estimate of drug-likeness (QED) is 0.873. The second-order valence-corrected chi connectivity index (χ2v) is 5.21. The number of nitrogens with one attached hydrogen (secondary N) is 1. The van der Waals surface area contributed by atoms with Gasteiger partial charge in [-0.25, -0.2) is 0 Å². The van der Waals surface area contributed by atoms with Crippen LogP contribution < -0.4 is 5.32 Å². The zero-order valence-electron chi connectivity index (χ0n) is 11.2. The van der Waals surface area contributed by atoms with Crippen LogP contribution in [0.4, 0.5) is 5.95 Å². The number of nitrogens with zero attached hydrogens (tertiary/aromatic N) is 3. The molecule has 1 fully saturated rings. The van der Waals surface area contributed by atoms with Crippen LogP contribution in [0.25, 0.3) is 0 Å². The van der Waals surface area contributed by atoms with E-state index in [1.165, 1.54) is 32.1 Å². The summed E-state index contributed by atoms with van der Waals surface area (Å²) in [5.41, 5.74) is 0. The Morgan fingerprint density at radius 1 is 1.35 bits per heavy atom. The number of hydrogen-bond donors (Lipinski definition) is 1. The van der Waals surface area contributed by atoms with Gasteiger partial charge in [0, 0.05) is 19.0 Å². The van der Waals surface area contributed by atoms with Crippen molar-refractivity contribution in [2.75, 3.05) is 5.32 Å². The lowest BCUT2D eigenvalue weighted by Crippen LogP contribution is -2.14. The highest BCUT2D eigenvalue weighted by Gasteiger charge is 2.21. The molecular formula is C13H24N4. The highest BCUT2D eigenvalue weighted by molar-refractivity contribution is 5.25. The molecule has 0 radical (unpaired) electrons. The van der Waals surface area contributed by atoms with E-state index < -0.39 is 0 Å². The molecule has 0 amide bonds. The topological polar surface area (TPSA) is 42.7 Å². The van der Waals surface area contributed by atoms with Gasteiger partial charge in [-0.15, -0.1) is 5.10 Å². The average molecular weight is 236 g/mol. The van der Waals surface area contributed by atoms with E-state index in [0.717, 1.165) is 18.2 Å². The van der Waals surface area contributed by atoms with Crippen molar-refractivity contribution in [3.05, 3.63) is 5.82 Å². The predicted octanol–water partition coefficient (Wildman–Crippen LogP) is 3.07. The van der Waals surface area contributed by atoms with Gasteiger partial charge in [-0.3, -0.25) is 4.68 Å². The van der Waals surface area contributed by atoms with E-state index in [-0.39, 0.29) is 0 Å². The van der Waals surface area contributed by atoms with Crippen LogP contribution in [0, 0.1) is 0 Å². The number of rotatable bonds is 4. The van der Waals surface area contributed by atoms with E-state index in [2.05, 4.69) is 29.2 Å². The third-order valence-corrected chi connectivity index (χ3v) is 3.75. The number of aryl methyl sites for hydroxylation is 1. The summed E-state index contributed by atoms with van der Waals surface area (Å²) in [6, 6.07) is 0.441. The molecule has 2 rings (SSSR count). The minimum absolute atomic E-state index is 0.441. The summed E-state index contributed by atoms with van der Waals surface area (Å²) >= 11 is 0. The van der Waals surface area contributed by atoms with Crippen molar-refractivity contribution in [3.8, 4) is 0 Å². The molecule has 4 heteroatoms. The molecule has 1 saturated carbocycles. The molecule has 17 heavy (non-hydrogen) atoms. The smallest absolute Gasteiger partial charge is 0.242 e. The Morgan fingerprint density at radius 2 is 2.06 bits per heavy atom. The summed E-state index contributed by atoms with van der Waals surface area (Å²) in [4.78, 5) is 4.66. The van der Waals surface area contributed by atoms with Crippen molar-refractivity contribution in [1.82, 2.24) is 14.8 Å². The Labute approximate surface area is 104 Å². The SMILES string of the molecule is CCC(C)Nc1nc(C2CCCCC2)n(C)n1. The minimum Gasteiger partial charge on any atom is -0.350 e. The van der Waals surface area contributed by atoms with Crippen LogP contribution in [-0.2, 0) is 7.05 Å². The molecule has 0 spiro atoms. The van der Waals surface area contributed by atoms with E-state index in [4.69, 9.17) is 0 Å². The van der Waals surface area contributed by atoms with Crippen LogP contribution in [0.15, 0.2) is 0 Å². The lowest BCUT2D eigenvalue weighted by molar-refractivity contribution is 0.417. The summed E-state index contributed by atoms with van der Waals surface area (Å²) in [7, 11) is 2.01. The third-order valence-electron chi connectivity index (χ3n) is 3.75. The van der Waals surface area contributed by atoms with Crippen LogP contribution in [0.1, 0.15) is 64.1 Å².